The van der Waals surface area contributed by atoms with Gasteiger partial charge in [0, 0.05) is 12.6 Å². The van der Waals surface area contributed by atoms with E-state index in [0.29, 0.717) is 23.4 Å². The molecule has 0 radical (unpaired) electrons. The van der Waals surface area contributed by atoms with Crippen LogP contribution in [0.3, 0.4) is 0 Å². The largest absolute Gasteiger partial charge is 0.493 e. The summed E-state index contributed by atoms with van der Waals surface area (Å²) in [6.45, 7) is 3.94. The molecule has 0 amide bonds. The van der Waals surface area contributed by atoms with Crippen LogP contribution in [-0.2, 0) is 13.0 Å². The van der Waals surface area contributed by atoms with Crippen LogP contribution in [0.2, 0.25) is 0 Å². The number of nitrogens with zero attached hydrogens (tertiary/aromatic N) is 2. The molecule has 1 saturated heterocycles. The summed E-state index contributed by atoms with van der Waals surface area (Å²) >= 11 is 0. The first-order valence-corrected chi connectivity index (χ1v) is 11.1. The van der Waals surface area contributed by atoms with Crippen LogP contribution in [0, 0.1) is 6.92 Å². The zero-order valence-electron chi connectivity index (χ0n) is 18.8. The Hall–Kier alpha value is -2.79. The van der Waals surface area contributed by atoms with Crippen molar-refractivity contribution in [1.82, 2.24) is 9.88 Å². The van der Waals surface area contributed by atoms with Gasteiger partial charge in [0.15, 0.2) is 11.5 Å². The standard InChI is InChI=1S/C26H32N2O3/c1-19-23(27-26(31-19)22-13-9-14-24(29-2)25(22)30-3)18-28-17-8-7-12-21(28)16-15-20-10-5-4-6-11-20/h4-6,9-11,13-14,21H,7-8,12,15-18H2,1-3H3/t21-/m0/s1. The number of aromatic nitrogens is 1. The van der Waals surface area contributed by atoms with Crippen molar-refractivity contribution < 1.29 is 13.9 Å². The molecule has 1 fully saturated rings. The first kappa shape index (κ1) is 21.4. The van der Waals surface area contributed by atoms with Crippen molar-refractivity contribution in [2.24, 2.45) is 0 Å². The van der Waals surface area contributed by atoms with Gasteiger partial charge in [0.05, 0.1) is 25.5 Å². The lowest BCUT2D eigenvalue weighted by molar-refractivity contribution is 0.130. The summed E-state index contributed by atoms with van der Waals surface area (Å²) in [6.07, 6.45) is 6.10. The molecule has 5 heteroatoms. The zero-order chi connectivity index (χ0) is 21.6. The predicted molar refractivity (Wildman–Crippen MR) is 123 cm³/mol. The lowest BCUT2D eigenvalue weighted by Gasteiger charge is -2.35. The Morgan fingerprint density at radius 1 is 1.03 bits per heavy atom. The number of hydrogen-bond acceptors (Lipinski definition) is 5. The maximum Gasteiger partial charge on any atom is 0.230 e. The topological polar surface area (TPSA) is 47.7 Å². The third-order valence-electron chi connectivity index (χ3n) is 6.24. The molecule has 5 nitrogen and oxygen atoms in total. The lowest BCUT2D eigenvalue weighted by Crippen LogP contribution is -2.39. The highest BCUT2D eigenvalue weighted by Crippen LogP contribution is 2.38. The Bertz CT molecular complexity index is 984. The van der Waals surface area contributed by atoms with Gasteiger partial charge in [-0.3, -0.25) is 4.90 Å². The van der Waals surface area contributed by atoms with E-state index in [-0.39, 0.29) is 0 Å². The number of rotatable bonds is 8. The molecule has 1 aliphatic heterocycles. The van der Waals surface area contributed by atoms with Gasteiger partial charge in [-0.2, -0.15) is 0 Å². The maximum atomic E-state index is 6.08. The van der Waals surface area contributed by atoms with Crippen LogP contribution < -0.4 is 9.47 Å². The van der Waals surface area contributed by atoms with E-state index in [9.17, 15) is 0 Å². The quantitative estimate of drug-likeness (QED) is 0.471. The van der Waals surface area contributed by atoms with Gasteiger partial charge in [0.25, 0.3) is 0 Å². The summed E-state index contributed by atoms with van der Waals surface area (Å²) < 4.78 is 17.1. The van der Waals surface area contributed by atoms with E-state index in [1.165, 1.54) is 31.2 Å². The van der Waals surface area contributed by atoms with Gasteiger partial charge < -0.3 is 13.9 Å². The van der Waals surface area contributed by atoms with E-state index in [1.54, 1.807) is 14.2 Å². The molecule has 3 aromatic rings. The Labute approximate surface area is 185 Å². The van der Waals surface area contributed by atoms with E-state index >= 15 is 0 Å². The summed E-state index contributed by atoms with van der Waals surface area (Å²) in [6, 6.07) is 17.1. The van der Waals surface area contributed by atoms with E-state index in [4.69, 9.17) is 18.9 Å². The third-order valence-corrected chi connectivity index (χ3v) is 6.24. The molecule has 0 unspecified atom stereocenters. The molecule has 0 N–H and O–H groups in total. The fourth-order valence-electron chi connectivity index (χ4n) is 4.51. The van der Waals surface area contributed by atoms with Crippen molar-refractivity contribution in [1.29, 1.82) is 0 Å². The second-order valence-corrected chi connectivity index (χ2v) is 8.21. The Balaban J connectivity index is 1.50. The first-order valence-electron chi connectivity index (χ1n) is 11.1. The molecule has 2 aromatic carbocycles. The van der Waals surface area contributed by atoms with Crippen LogP contribution in [0.25, 0.3) is 11.5 Å². The molecule has 1 atom stereocenters. The number of methoxy groups -OCH3 is 2. The SMILES string of the molecule is COc1cccc(-c2nc(CN3CCCC[C@H]3CCc3ccccc3)c(C)o2)c1OC. The van der Waals surface area contributed by atoms with Crippen LogP contribution in [0.1, 0.15) is 42.7 Å². The highest BCUT2D eigenvalue weighted by atomic mass is 16.5. The van der Waals surface area contributed by atoms with E-state index in [1.807, 2.05) is 25.1 Å². The second kappa shape index (κ2) is 10.0. The molecule has 1 aromatic heterocycles. The fourth-order valence-corrected chi connectivity index (χ4v) is 4.51. The van der Waals surface area contributed by atoms with Gasteiger partial charge in [-0.25, -0.2) is 4.98 Å². The summed E-state index contributed by atoms with van der Waals surface area (Å²) in [5.41, 5.74) is 3.24. The van der Waals surface area contributed by atoms with Crippen molar-refractivity contribution in [3.05, 3.63) is 65.5 Å². The Morgan fingerprint density at radius 3 is 2.65 bits per heavy atom. The van der Waals surface area contributed by atoms with Crippen LogP contribution >= 0.6 is 0 Å². The fraction of sp³-hybridized carbons (Fsp3) is 0.423. The average Bonchev–Trinajstić information content (AvgIpc) is 3.18. The third kappa shape index (κ3) is 4.93. The maximum absolute atomic E-state index is 6.08. The Kier molecular flexibility index (Phi) is 6.92. The van der Waals surface area contributed by atoms with Crippen LogP contribution in [0.5, 0.6) is 11.5 Å². The van der Waals surface area contributed by atoms with Crippen molar-refractivity contribution >= 4 is 0 Å². The number of hydrogen-bond donors (Lipinski definition) is 0. The van der Waals surface area contributed by atoms with Gasteiger partial charge in [-0.05, 0) is 56.8 Å². The Morgan fingerprint density at radius 2 is 1.87 bits per heavy atom. The minimum atomic E-state index is 0.583. The van der Waals surface area contributed by atoms with Gasteiger partial charge in [0.1, 0.15) is 5.76 Å². The van der Waals surface area contributed by atoms with Crippen LogP contribution in [-0.4, -0.2) is 36.7 Å². The minimum absolute atomic E-state index is 0.583. The molecular formula is C26H32N2O3. The molecule has 0 spiro atoms. The van der Waals surface area contributed by atoms with Crippen LogP contribution in [0.15, 0.2) is 52.9 Å². The van der Waals surface area contributed by atoms with Gasteiger partial charge in [0.2, 0.25) is 5.89 Å². The number of benzene rings is 2. The summed E-state index contributed by atoms with van der Waals surface area (Å²) in [7, 11) is 3.28. The summed E-state index contributed by atoms with van der Waals surface area (Å²) in [5, 5.41) is 0. The van der Waals surface area contributed by atoms with E-state index in [2.05, 4.69) is 35.2 Å². The average molecular weight is 421 g/mol. The molecular weight excluding hydrogens is 388 g/mol. The number of ether oxygens (including phenoxy) is 2. The van der Waals surface area contributed by atoms with E-state index in [0.717, 1.165) is 36.5 Å². The van der Waals surface area contributed by atoms with Gasteiger partial charge in [-0.15, -0.1) is 0 Å². The van der Waals surface area contributed by atoms with Gasteiger partial charge in [-0.1, -0.05) is 42.8 Å². The molecule has 31 heavy (non-hydrogen) atoms. The predicted octanol–water partition coefficient (Wildman–Crippen LogP) is 5.65. The molecule has 1 aliphatic rings. The molecule has 0 aliphatic carbocycles. The smallest absolute Gasteiger partial charge is 0.230 e. The number of likely N-dealkylation sites (tertiary alicyclic amines) is 1. The zero-order valence-corrected chi connectivity index (χ0v) is 18.8. The minimum Gasteiger partial charge on any atom is -0.493 e. The first-order chi connectivity index (χ1) is 15.2. The number of aryl methyl sites for hydroxylation is 2. The lowest BCUT2D eigenvalue weighted by atomic mass is 9.95. The number of piperidine rings is 1. The monoisotopic (exact) mass is 420 g/mol. The van der Waals surface area contributed by atoms with Crippen LogP contribution in [0.4, 0.5) is 0 Å². The van der Waals surface area contributed by atoms with Crippen molar-refractivity contribution in [2.75, 3.05) is 20.8 Å². The van der Waals surface area contributed by atoms with E-state index < -0.39 is 0 Å². The summed E-state index contributed by atoms with van der Waals surface area (Å²) in [4.78, 5) is 7.45. The van der Waals surface area contributed by atoms with Crippen molar-refractivity contribution in [3.8, 4) is 23.0 Å². The highest BCUT2D eigenvalue weighted by molar-refractivity contribution is 5.68. The summed E-state index contributed by atoms with van der Waals surface area (Å²) in [5.74, 6) is 2.78. The number of oxazole rings is 1. The highest BCUT2D eigenvalue weighted by Gasteiger charge is 2.25. The normalized spacial score (nSPS) is 16.9. The van der Waals surface area contributed by atoms with Gasteiger partial charge >= 0.3 is 0 Å². The molecule has 164 valence electrons. The molecule has 2 heterocycles. The second-order valence-electron chi connectivity index (χ2n) is 8.21. The van der Waals surface area contributed by atoms with Crippen molar-refractivity contribution in [2.45, 2.75) is 51.6 Å². The molecule has 0 bridgehead atoms. The molecule has 4 rings (SSSR count). The number of para-hydroxylation sites is 1. The van der Waals surface area contributed by atoms with Crippen molar-refractivity contribution in [3.63, 3.8) is 0 Å². The molecule has 0 saturated carbocycles.